The van der Waals surface area contributed by atoms with Gasteiger partial charge in [0.1, 0.15) is 29.4 Å². The van der Waals surface area contributed by atoms with E-state index < -0.39 is 53.5 Å². The second-order valence-electron chi connectivity index (χ2n) is 12.1. The Morgan fingerprint density at radius 1 is 1.11 bits per heavy atom. The van der Waals surface area contributed by atoms with Crippen LogP contribution in [0.2, 0.25) is 0 Å². The summed E-state index contributed by atoms with van der Waals surface area (Å²) >= 11 is 0. The van der Waals surface area contributed by atoms with Crippen molar-refractivity contribution in [2.75, 3.05) is 20.2 Å². The van der Waals surface area contributed by atoms with Crippen LogP contribution < -0.4 is 21.3 Å². The van der Waals surface area contributed by atoms with Gasteiger partial charge in [0.05, 0.1) is 7.11 Å². The zero-order valence-corrected chi connectivity index (χ0v) is 26.9. The molecule has 14 heteroatoms. The van der Waals surface area contributed by atoms with Crippen molar-refractivity contribution in [2.24, 2.45) is 5.92 Å². The second-order valence-corrected chi connectivity index (χ2v) is 12.1. The highest BCUT2D eigenvalue weighted by molar-refractivity contribution is 6.04. The molecule has 1 aliphatic heterocycles. The summed E-state index contributed by atoms with van der Waals surface area (Å²) in [6, 6.07) is 0.416. The third kappa shape index (κ3) is 12.6. The molecule has 0 spiro atoms. The topological polar surface area (TPSA) is 185 Å². The monoisotopic (exact) mass is 630 g/mol. The van der Waals surface area contributed by atoms with Gasteiger partial charge in [0.15, 0.2) is 0 Å². The van der Waals surface area contributed by atoms with Crippen LogP contribution in [-0.2, 0) is 33.4 Å². The number of aromatic nitrogens is 1. The van der Waals surface area contributed by atoms with E-state index >= 15 is 0 Å². The summed E-state index contributed by atoms with van der Waals surface area (Å²) in [6.07, 6.45) is 5.99. The molecular weight excluding hydrogens is 584 g/mol. The fraction of sp³-hybridized carbons (Fsp3) is 0.581. The van der Waals surface area contributed by atoms with Gasteiger partial charge in [-0.1, -0.05) is 19.9 Å². The van der Waals surface area contributed by atoms with Crippen LogP contribution in [-0.4, -0.2) is 90.0 Å². The minimum absolute atomic E-state index is 0.0427. The van der Waals surface area contributed by atoms with Gasteiger partial charge in [-0.3, -0.25) is 24.2 Å². The minimum Gasteiger partial charge on any atom is -0.467 e. The zero-order chi connectivity index (χ0) is 33.6. The Morgan fingerprint density at radius 3 is 2.44 bits per heavy atom. The predicted molar refractivity (Wildman–Crippen MR) is 165 cm³/mol. The molecule has 0 saturated carbocycles. The molecule has 1 aromatic rings. The largest absolute Gasteiger partial charge is 0.467 e. The maximum atomic E-state index is 13.7. The van der Waals surface area contributed by atoms with Crippen LogP contribution in [0, 0.1) is 5.92 Å². The SMILES string of the molecule is COC(=O)[C@@H]1CCCN1C(=O)/C(=C/c1cccnc1)NC(=O)[C@H](CC(C)C)NC(=O)[C@H](CCCNC=O)NC(=O)OC(C)(C)C. The Morgan fingerprint density at radius 2 is 1.84 bits per heavy atom. The highest BCUT2D eigenvalue weighted by atomic mass is 16.6. The average molecular weight is 631 g/mol. The molecule has 1 fully saturated rings. The number of nitrogens with one attached hydrogen (secondary N) is 4. The fourth-order valence-corrected chi connectivity index (χ4v) is 4.71. The first-order valence-electron chi connectivity index (χ1n) is 15.0. The number of hydrogen-bond donors (Lipinski definition) is 4. The highest BCUT2D eigenvalue weighted by Gasteiger charge is 2.37. The van der Waals surface area contributed by atoms with E-state index in [1.807, 2.05) is 13.8 Å². The first-order chi connectivity index (χ1) is 21.2. The Balaban J connectivity index is 2.33. The van der Waals surface area contributed by atoms with Crippen LogP contribution in [0.25, 0.3) is 6.08 Å². The first-order valence-corrected chi connectivity index (χ1v) is 15.0. The van der Waals surface area contributed by atoms with Crippen molar-refractivity contribution in [2.45, 2.75) is 90.4 Å². The predicted octanol–water partition coefficient (Wildman–Crippen LogP) is 1.65. The number of rotatable bonds is 15. The molecule has 0 radical (unpaired) electrons. The van der Waals surface area contributed by atoms with Crippen molar-refractivity contribution < 1.29 is 38.2 Å². The van der Waals surface area contributed by atoms with E-state index in [2.05, 4.69) is 26.3 Å². The lowest BCUT2D eigenvalue weighted by molar-refractivity contribution is -0.150. The van der Waals surface area contributed by atoms with Crippen molar-refractivity contribution in [1.82, 2.24) is 31.2 Å². The number of nitrogens with zero attached hydrogens (tertiary/aromatic N) is 2. The Bertz CT molecular complexity index is 1210. The van der Waals surface area contributed by atoms with Gasteiger partial charge in [0.2, 0.25) is 18.2 Å². The molecule has 1 saturated heterocycles. The van der Waals surface area contributed by atoms with E-state index in [0.29, 0.717) is 37.8 Å². The maximum Gasteiger partial charge on any atom is 0.408 e. The molecule has 0 aromatic carbocycles. The summed E-state index contributed by atoms with van der Waals surface area (Å²) in [5.41, 5.74) is -0.379. The van der Waals surface area contributed by atoms with Gasteiger partial charge in [-0.25, -0.2) is 9.59 Å². The van der Waals surface area contributed by atoms with Gasteiger partial charge in [-0.15, -0.1) is 0 Å². The number of carbonyl (C=O) groups excluding carboxylic acids is 6. The van der Waals surface area contributed by atoms with Gasteiger partial charge in [0.25, 0.3) is 5.91 Å². The van der Waals surface area contributed by atoms with Crippen molar-refractivity contribution in [3.05, 3.63) is 35.8 Å². The lowest BCUT2D eigenvalue weighted by Gasteiger charge is -2.27. The van der Waals surface area contributed by atoms with Crippen molar-refractivity contribution in [3.8, 4) is 0 Å². The quantitative estimate of drug-likeness (QED) is 0.0968. The summed E-state index contributed by atoms with van der Waals surface area (Å²) in [6.45, 7) is 9.37. The normalized spacial score (nSPS) is 16.3. The number of alkyl carbamates (subject to hydrolysis) is 1. The molecule has 248 valence electrons. The van der Waals surface area contributed by atoms with Crippen LogP contribution in [0.15, 0.2) is 30.2 Å². The van der Waals surface area contributed by atoms with E-state index in [0.717, 1.165) is 0 Å². The fourth-order valence-electron chi connectivity index (χ4n) is 4.71. The second kappa shape index (κ2) is 17.7. The lowest BCUT2D eigenvalue weighted by Crippen LogP contribution is -2.55. The molecule has 4 N–H and O–H groups in total. The van der Waals surface area contributed by atoms with E-state index in [1.54, 1.807) is 39.1 Å². The summed E-state index contributed by atoms with van der Waals surface area (Å²) in [4.78, 5) is 81.9. The zero-order valence-electron chi connectivity index (χ0n) is 26.9. The van der Waals surface area contributed by atoms with Crippen molar-refractivity contribution >= 4 is 42.3 Å². The van der Waals surface area contributed by atoms with Crippen LogP contribution >= 0.6 is 0 Å². The number of likely N-dealkylation sites (tertiary alicyclic amines) is 1. The van der Waals surface area contributed by atoms with E-state index in [4.69, 9.17) is 9.47 Å². The summed E-state index contributed by atoms with van der Waals surface area (Å²) < 4.78 is 10.2. The van der Waals surface area contributed by atoms with Gasteiger partial charge in [0, 0.05) is 25.5 Å². The number of pyridine rings is 1. The summed E-state index contributed by atoms with van der Waals surface area (Å²) in [7, 11) is 1.25. The van der Waals surface area contributed by atoms with Crippen molar-refractivity contribution in [3.63, 3.8) is 0 Å². The van der Waals surface area contributed by atoms with Crippen LogP contribution in [0.3, 0.4) is 0 Å². The van der Waals surface area contributed by atoms with Crippen LogP contribution in [0.1, 0.15) is 72.3 Å². The molecule has 0 aliphatic carbocycles. The highest BCUT2D eigenvalue weighted by Crippen LogP contribution is 2.21. The number of esters is 1. The van der Waals surface area contributed by atoms with Crippen LogP contribution in [0.5, 0.6) is 0 Å². The molecule has 45 heavy (non-hydrogen) atoms. The van der Waals surface area contributed by atoms with Crippen LogP contribution in [0.4, 0.5) is 4.79 Å². The van der Waals surface area contributed by atoms with E-state index in [-0.39, 0.29) is 31.0 Å². The molecule has 0 bridgehead atoms. The first kappa shape index (κ1) is 36.7. The number of amides is 5. The molecule has 14 nitrogen and oxygen atoms in total. The molecule has 2 rings (SSSR count). The summed E-state index contributed by atoms with van der Waals surface area (Å²) in [5, 5.41) is 10.5. The third-order valence-corrected chi connectivity index (χ3v) is 6.72. The maximum absolute atomic E-state index is 13.7. The Labute approximate surface area is 264 Å². The van der Waals surface area contributed by atoms with Gasteiger partial charge < -0.3 is 35.6 Å². The van der Waals surface area contributed by atoms with Gasteiger partial charge in [-0.2, -0.15) is 0 Å². The number of carbonyl (C=O) groups is 6. The van der Waals surface area contributed by atoms with Crippen molar-refractivity contribution in [1.29, 1.82) is 0 Å². The number of ether oxygens (including phenoxy) is 2. The van der Waals surface area contributed by atoms with E-state index in [9.17, 15) is 28.8 Å². The standard InChI is InChI=1S/C31H46N6O8/c1-20(2)16-23(34-26(39)22(11-8-14-33-19-38)36-30(43)45-31(3,4)5)27(40)35-24(17-21-10-7-13-32-18-21)28(41)37-15-9-12-25(37)29(42)44-6/h7,10,13,17-20,22-23,25H,8-9,11-12,14-16H2,1-6H3,(H,33,38)(H,34,39)(H,35,40)(H,36,43)/b24-17-/t22-,23-,25-/m0/s1. The molecule has 3 atom stereocenters. The Hall–Kier alpha value is -4.49. The lowest BCUT2D eigenvalue weighted by atomic mass is 10.0. The van der Waals surface area contributed by atoms with E-state index in [1.165, 1.54) is 24.3 Å². The minimum atomic E-state index is -1.09. The smallest absolute Gasteiger partial charge is 0.408 e. The Kier molecular flexibility index (Phi) is 14.4. The molecule has 2 heterocycles. The molecule has 0 unspecified atom stereocenters. The molecule has 1 aliphatic rings. The summed E-state index contributed by atoms with van der Waals surface area (Å²) in [5.74, 6) is -2.47. The molecule has 5 amide bonds. The third-order valence-electron chi connectivity index (χ3n) is 6.72. The number of hydrogen-bond acceptors (Lipinski definition) is 9. The van der Waals surface area contributed by atoms with Gasteiger partial charge >= 0.3 is 12.1 Å². The number of methoxy groups -OCH3 is 1. The molecule has 1 aromatic heterocycles. The van der Waals surface area contributed by atoms with Gasteiger partial charge in [-0.05, 0) is 76.5 Å². The average Bonchev–Trinajstić information content (AvgIpc) is 3.46. The molecular formula is C31H46N6O8.